The summed E-state index contributed by atoms with van der Waals surface area (Å²) < 4.78 is 5.55. The van der Waals surface area contributed by atoms with Gasteiger partial charge in [0.1, 0.15) is 0 Å². The number of pyridine rings is 1. The molecule has 4 heterocycles. The lowest BCUT2D eigenvalue weighted by atomic mass is 9.94. The summed E-state index contributed by atoms with van der Waals surface area (Å²) in [4.78, 5) is 8.88. The number of hydrogen-bond acceptors (Lipinski definition) is 8. The van der Waals surface area contributed by atoms with Crippen molar-refractivity contribution >= 4 is 33.9 Å². The summed E-state index contributed by atoms with van der Waals surface area (Å²) in [5, 5.41) is 20.6. The van der Waals surface area contributed by atoms with Crippen LogP contribution in [0.5, 0.6) is 0 Å². The molecule has 1 atom stereocenters. The number of rotatable bonds is 8. The smallest absolute Gasteiger partial charge is 0.182 e. The number of halogens is 1. The second kappa shape index (κ2) is 11.0. The van der Waals surface area contributed by atoms with Gasteiger partial charge >= 0.3 is 0 Å². The molecule has 0 saturated carbocycles. The van der Waals surface area contributed by atoms with E-state index in [9.17, 15) is 0 Å². The molecule has 192 valence electrons. The second-order valence-corrected chi connectivity index (χ2v) is 10.1. The van der Waals surface area contributed by atoms with Gasteiger partial charge in [-0.25, -0.2) is 0 Å². The van der Waals surface area contributed by atoms with Crippen molar-refractivity contribution in [1.82, 2.24) is 30.2 Å². The zero-order valence-electron chi connectivity index (χ0n) is 20.8. The van der Waals surface area contributed by atoms with Crippen LogP contribution in [-0.2, 0) is 4.74 Å². The van der Waals surface area contributed by atoms with Crippen LogP contribution < -0.4 is 10.3 Å². The van der Waals surface area contributed by atoms with E-state index in [0.717, 1.165) is 80.5 Å². The van der Waals surface area contributed by atoms with Gasteiger partial charge in [0.2, 0.25) is 0 Å². The van der Waals surface area contributed by atoms with E-state index in [1.807, 2.05) is 29.1 Å². The predicted molar refractivity (Wildman–Crippen MR) is 145 cm³/mol. The highest BCUT2D eigenvalue weighted by molar-refractivity contribution is 6.31. The Hall–Kier alpha value is -3.27. The number of aromatic nitrogens is 5. The minimum absolute atomic E-state index is 0.0631. The first-order chi connectivity index (χ1) is 18.2. The molecule has 4 aromatic rings. The molecule has 0 radical (unpaired) electrons. The highest BCUT2D eigenvalue weighted by Crippen LogP contribution is 2.32. The van der Waals surface area contributed by atoms with E-state index in [-0.39, 0.29) is 5.92 Å². The number of fused-ring (bicyclic) bond motifs is 1. The minimum Gasteiger partial charge on any atom is -0.379 e. The van der Waals surface area contributed by atoms with Crippen LogP contribution in [0.2, 0.25) is 5.02 Å². The van der Waals surface area contributed by atoms with Gasteiger partial charge in [0, 0.05) is 60.1 Å². The van der Waals surface area contributed by atoms with Gasteiger partial charge in [-0.05, 0) is 78.2 Å². The SMILES string of the molecule is Clc1ccc2c(Nc3cccc(C(CCN4CCOCC4)c4nnnn4N4CCCC4)c3)ccnc2c1. The fraction of sp³-hybridized carbons (Fsp3) is 0.407. The summed E-state index contributed by atoms with van der Waals surface area (Å²) in [7, 11) is 0. The third-order valence-corrected chi connectivity index (χ3v) is 7.48. The Morgan fingerprint density at radius 3 is 2.73 bits per heavy atom. The first kappa shape index (κ1) is 24.1. The van der Waals surface area contributed by atoms with Gasteiger partial charge in [-0.3, -0.25) is 14.9 Å². The predicted octanol–water partition coefficient (Wildman–Crippen LogP) is 4.20. The molecule has 0 aliphatic carbocycles. The van der Waals surface area contributed by atoms with E-state index >= 15 is 0 Å². The molecule has 1 N–H and O–H groups in total. The number of ether oxygens (including phenoxy) is 1. The average Bonchev–Trinajstić information content (AvgIpc) is 3.62. The van der Waals surface area contributed by atoms with Gasteiger partial charge in [-0.15, -0.1) is 9.89 Å². The van der Waals surface area contributed by atoms with Crippen molar-refractivity contribution in [3.63, 3.8) is 0 Å². The Balaban J connectivity index is 1.31. The molecule has 9 nitrogen and oxygen atoms in total. The van der Waals surface area contributed by atoms with Gasteiger partial charge in [0.15, 0.2) is 5.82 Å². The lowest BCUT2D eigenvalue weighted by Crippen LogP contribution is -2.38. The van der Waals surface area contributed by atoms with Crippen molar-refractivity contribution in [3.05, 3.63) is 71.1 Å². The zero-order chi connectivity index (χ0) is 25.0. The van der Waals surface area contributed by atoms with Crippen LogP contribution in [-0.4, -0.2) is 76.1 Å². The van der Waals surface area contributed by atoms with Gasteiger partial charge < -0.3 is 10.1 Å². The quantitative estimate of drug-likeness (QED) is 0.371. The molecule has 2 aromatic carbocycles. The maximum Gasteiger partial charge on any atom is 0.182 e. The number of nitrogens with zero attached hydrogens (tertiary/aromatic N) is 7. The van der Waals surface area contributed by atoms with Crippen LogP contribution in [0.15, 0.2) is 54.7 Å². The highest BCUT2D eigenvalue weighted by Gasteiger charge is 2.26. The number of hydrogen-bond donors (Lipinski definition) is 1. The molecule has 0 spiro atoms. The van der Waals surface area contributed by atoms with Crippen molar-refractivity contribution < 1.29 is 4.74 Å². The van der Waals surface area contributed by atoms with Crippen LogP contribution in [0.25, 0.3) is 10.9 Å². The minimum atomic E-state index is 0.0631. The van der Waals surface area contributed by atoms with Gasteiger partial charge in [0.05, 0.1) is 18.7 Å². The normalized spacial score (nSPS) is 17.4. The molecule has 2 aliphatic rings. The third kappa shape index (κ3) is 5.39. The standard InChI is InChI=1S/C27H31ClN8O/c28-21-6-7-24-25(8-10-29-26(24)19-21)30-22-5-3-4-20(18-22)23(9-13-34-14-16-37-17-15-34)27-31-32-33-36(27)35-11-1-2-12-35/h3-8,10,18-19,23H,1-2,9,11-17H2,(H,29,30). The van der Waals surface area contributed by atoms with E-state index < -0.39 is 0 Å². The molecular weight excluding hydrogens is 488 g/mol. The molecule has 0 amide bonds. The van der Waals surface area contributed by atoms with Crippen LogP contribution in [0.3, 0.4) is 0 Å². The Bertz CT molecular complexity index is 1350. The van der Waals surface area contributed by atoms with Crippen molar-refractivity contribution in [2.24, 2.45) is 0 Å². The van der Waals surface area contributed by atoms with Crippen LogP contribution in [0, 0.1) is 0 Å². The topological polar surface area (TPSA) is 84.2 Å². The maximum atomic E-state index is 6.19. The number of tetrazole rings is 1. The van der Waals surface area contributed by atoms with Crippen molar-refractivity contribution in [3.8, 4) is 0 Å². The van der Waals surface area contributed by atoms with Gasteiger partial charge in [-0.2, -0.15) is 0 Å². The van der Waals surface area contributed by atoms with E-state index in [0.29, 0.717) is 5.02 Å². The molecule has 2 fully saturated rings. The fourth-order valence-corrected chi connectivity index (χ4v) is 5.46. The highest BCUT2D eigenvalue weighted by atomic mass is 35.5. The second-order valence-electron chi connectivity index (χ2n) is 9.65. The van der Waals surface area contributed by atoms with E-state index in [4.69, 9.17) is 16.3 Å². The fourth-order valence-electron chi connectivity index (χ4n) is 5.29. The lowest BCUT2D eigenvalue weighted by Gasteiger charge is -2.29. The van der Waals surface area contributed by atoms with E-state index in [1.165, 1.54) is 18.4 Å². The van der Waals surface area contributed by atoms with Crippen molar-refractivity contribution in [2.75, 3.05) is 56.3 Å². The molecule has 2 aromatic heterocycles. The Morgan fingerprint density at radius 1 is 1.00 bits per heavy atom. The van der Waals surface area contributed by atoms with Crippen molar-refractivity contribution in [1.29, 1.82) is 0 Å². The summed E-state index contributed by atoms with van der Waals surface area (Å²) in [6.07, 6.45) is 5.07. The summed E-state index contributed by atoms with van der Waals surface area (Å²) in [5.41, 5.74) is 4.05. The van der Waals surface area contributed by atoms with Crippen LogP contribution in [0.1, 0.15) is 36.6 Å². The van der Waals surface area contributed by atoms with E-state index in [2.05, 4.69) is 60.0 Å². The molecule has 2 aliphatic heterocycles. The summed E-state index contributed by atoms with van der Waals surface area (Å²) in [6, 6.07) is 16.4. The molecular formula is C27H31ClN8O. The number of benzene rings is 2. The monoisotopic (exact) mass is 518 g/mol. The number of anilines is 2. The third-order valence-electron chi connectivity index (χ3n) is 7.25. The number of nitrogens with one attached hydrogen (secondary N) is 1. The molecule has 37 heavy (non-hydrogen) atoms. The summed E-state index contributed by atoms with van der Waals surface area (Å²) in [6.45, 7) is 6.44. The number of morpholine rings is 1. The van der Waals surface area contributed by atoms with E-state index in [1.54, 1.807) is 6.20 Å². The molecule has 0 bridgehead atoms. The van der Waals surface area contributed by atoms with Crippen LogP contribution >= 0.6 is 11.6 Å². The first-order valence-electron chi connectivity index (χ1n) is 13.0. The average molecular weight is 519 g/mol. The van der Waals surface area contributed by atoms with Gasteiger partial charge in [0.25, 0.3) is 0 Å². The molecule has 2 saturated heterocycles. The Labute approximate surface area is 221 Å². The molecule has 6 rings (SSSR count). The Kier molecular flexibility index (Phi) is 7.16. The summed E-state index contributed by atoms with van der Waals surface area (Å²) in [5.74, 6) is 0.962. The molecule has 10 heteroatoms. The maximum absolute atomic E-state index is 6.19. The van der Waals surface area contributed by atoms with Gasteiger partial charge in [-0.1, -0.05) is 23.7 Å². The molecule has 1 unspecified atom stereocenters. The van der Waals surface area contributed by atoms with Crippen molar-refractivity contribution in [2.45, 2.75) is 25.2 Å². The Morgan fingerprint density at radius 2 is 1.86 bits per heavy atom. The largest absolute Gasteiger partial charge is 0.379 e. The first-order valence-corrected chi connectivity index (χ1v) is 13.4. The lowest BCUT2D eigenvalue weighted by molar-refractivity contribution is 0.0368. The van der Waals surface area contributed by atoms with Crippen LogP contribution in [0.4, 0.5) is 11.4 Å². The summed E-state index contributed by atoms with van der Waals surface area (Å²) >= 11 is 6.19. The zero-order valence-corrected chi connectivity index (χ0v) is 21.5.